The van der Waals surface area contributed by atoms with E-state index in [0.717, 1.165) is 0 Å². The second-order valence-corrected chi connectivity index (χ2v) is 4.07. The van der Waals surface area contributed by atoms with Crippen molar-refractivity contribution >= 4 is 28.7 Å². The summed E-state index contributed by atoms with van der Waals surface area (Å²) in [7, 11) is 0. The van der Waals surface area contributed by atoms with Gasteiger partial charge in [-0.05, 0) is 26.0 Å². The molecule has 0 saturated carbocycles. The molecule has 2 aromatic rings. The van der Waals surface area contributed by atoms with Crippen molar-refractivity contribution in [2.75, 3.05) is 6.61 Å². The van der Waals surface area contributed by atoms with Gasteiger partial charge in [0.1, 0.15) is 5.76 Å². The number of nitro groups is 1. The molecule has 2 rings (SSSR count). The lowest BCUT2D eigenvalue weighted by atomic mass is 10.1. The van der Waals surface area contributed by atoms with Gasteiger partial charge in [-0.2, -0.15) is 0 Å². The standard InChI is InChI=1S/C14H13NO5/c1-3-19-13(16)8-7-10-9(2)20-14-11(10)5-4-6-12(14)15(17)18/h4-8H,3H2,1-2H3. The SMILES string of the molecule is CCOC(=O)C=Cc1c(C)oc2c([N+](=O)[O-])cccc12. The summed E-state index contributed by atoms with van der Waals surface area (Å²) < 4.78 is 10.2. The van der Waals surface area contributed by atoms with Crippen LogP contribution in [0.25, 0.3) is 17.0 Å². The average Bonchev–Trinajstić information content (AvgIpc) is 2.72. The predicted molar refractivity (Wildman–Crippen MR) is 73.3 cm³/mol. The molecular formula is C14H13NO5. The zero-order valence-corrected chi connectivity index (χ0v) is 11.1. The Kier molecular flexibility index (Phi) is 3.84. The van der Waals surface area contributed by atoms with Crippen LogP contribution in [0.2, 0.25) is 0 Å². The molecule has 0 aliphatic heterocycles. The van der Waals surface area contributed by atoms with Crippen LogP contribution >= 0.6 is 0 Å². The van der Waals surface area contributed by atoms with Crippen molar-refractivity contribution in [2.24, 2.45) is 0 Å². The Morgan fingerprint density at radius 1 is 1.50 bits per heavy atom. The van der Waals surface area contributed by atoms with Crippen LogP contribution in [0.15, 0.2) is 28.7 Å². The first-order valence-electron chi connectivity index (χ1n) is 6.06. The van der Waals surface area contributed by atoms with Crippen molar-refractivity contribution in [1.29, 1.82) is 0 Å². The Morgan fingerprint density at radius 3 is 2.90 bits per heavy atom. The number of non-ortho nitro benzene ring substituents is 1. The lowest BCUT2D eigenvalue weighted by Crippen LogP contribution is -1.98. The Balaban J connectivity index is 2.50. The Morgan fingerprint density at radius 2 is 2.25 bits per heavy atom. The van der Waals surface area contributed by atoms with E-state index in [1.54, 1.807) is 32.1 Å². The summed E-state index contributed by atoms with van der Waals surface area (Å²) in [6.07, 6.45) is 2.82. The van der Waals surface area contributed by atoms with Crippen molar-refractivity contribution in [1.82, 2.24) is 0 Å². The summed E-state index contributed by atoms with van der Waals surface area (Å²) in [6, 6.07) is 4.67. The van der Waals surface area contributed by atoms with E-state index in [0.29, 0.717) is 23.3 Å². The summed E-state index contributed by atoms with van der Waals surface area (Å²) in [6.45, 7) is 3.70. The monoisotopic (exact) mass is 275 g/mol. The van der Waals surface area contributed by atoms with Gasteiger partial charge in [0.25, 0.3) is 0 Å². The minimum Gasteiger partial charge on any atom is -0.463 e. The van der Waals surface area contributed by atoms with E-state index >= 15 is 0 Å². The first kappa shape index (κ1) is 13.8. The summed E-state index contributed by atoms with van der Waals surface area (Å²) in [5.74, 6) is 0.0431. The highest BCUT2D eigenvalue weighted by Gasteiger charge is 2.18. The van der Waals surface area contributed by atoms with Gasteiger partial charge in [0.2, 0.25) is 5.58 Å². The fourth-order valence-corrected chi connectivity index (χ4v) is 1.93. The normalized spacial score (nSPS) is 11.1. The molecule has 0 saturated heterocycles. The number of furan rings is 1. The minimum atomic E-state index is -0.496. The maximum absolute atomic E-state index is 11.3. The minimum absolute atomic E-state index is 0.0959. The predicted octanol–water partition coefficient (Wildman–Crippen LogP) is 3.23. The van der Waals surface area contributed by atoms with Crippen molar-refractivity contribution in [3.05, 3.63) is 45.7 Å². The second-order valence-electron chi connectivity index (χ2n) is 4.07. The molecule has 0 amide bonds. The number of esters is 1. The molecule has 0 radical (unpaired) electrons. The van der Waals surface area contributed by atoms with Crippen LogP contribution < -0.4 is 0 Å². The highest BCUT2D eigenvalue weighted by atomic mass is 16.6. The smallest absolute Gasteiger partial charge is 0.330 e. The third-order valence-electron chi connectivity index (χ3n) is 2.79. The molecule has 0 fully saturated rings. The fourth-order valence-electron chi connectivity index (χ4n) is 1.93. The summed E-state index contributed by atoms with van der Waals surface area (Å²) >= 11 is 0. The number of hydrogen-bond acceptors (Lipinski definition) is 5. The van der Waals surface area contributed by atoms with Crippen molar-refractivity contribution < 1.29 is 18.9 Å². The summed E-state index contributed by atoms with van der Waals surface area (Å²) in [4.78, 5) is 21.8. The van der Waals surface area contributed by atoms with E-state index in [1.807, 2.05) is 0 Å². The van der Waals surface area contributed by atoms with Crippen LogP contribution in [0.4, 0.5) is 5.69 Å². The number of para-hydroxylation sites is 1. The van der Waals surface area contributed by atoms with E-state index in [2.05, 4.69) is 0 Å². The molecular weight excluding hydrogens is 262 g/mol. The summed E-state index contributed by atoms with van der Waals surface area (Å²) in [5, 5.41) is 11.5. The lowest BCUT2D eigenvalue weighted by Gasteiger charge is -1.95. The van der Waals surface area contributed by atoms with Gasteiger partial charge >= 0.3 is 11.7 Å². The molecule has 6 heteroatoms. The third kappa shape index (κ3) is 2.54. The number of fused-ring (bicyclic) bond motifs is 1. The molecule has 0 spiro atoms. The zero-order valence-electron chi connectivity index (χ0n) is 11.1. The highest BCUT2D eigenvalue weighted by molar-refractivity contribution is 5.97. The lowest BCUT2D eigenvalue weighted by molar-refractivity contribution is -0.383. The Labute approximate surface area is 114 Å². The van der Waals surface area contributed by atoms with Gasteiger partial charge in [-0.25, -0.2) is 4.79 Å². The van der Waals surface area contributed by atoms with E-state index in [9.17, 15) is 14.9 Å². The molecule has 0 atom stereocenters. The maximum atomic E-state index is 11.3. The first-order valence-corrected chi connectivity index (χ1v) is 6.06. The van der Waals surface area contributed by atoms with Crippen molar-refractivity contribution in [3.8, 4) is 0 Å². The van der Waals surface area contributed by atoms with E-state index in [1.165, 1.54) is 12.1 Å². The fraction of sp³-hybridized carbons (Fsp3) is 0.214. The van der Waals surface area contributed by atoms with Gasteiger partial charge in [0.05, 0.1) is 11.5 Å². The molecule has 1 aromatic carbocycles. The van der Waals surface area contributed by atoms with E-state index in [-0.39, 0.29) is 11.3 Å². The van der Waals surface area contributed by atoms with Crippen LogP contribution in [-0.2, 0) is 9.53 Å². The number of ether oxygens (including phenoxy) is 1. The zero-order chi connectivity index (χ0) is 14.7. The van der Waals surface area contributed by atoms with Gasteiger partial charge in [-0.15, -0.1) is 0 Å². The third-order valence-corrected chi connectivity index (χ3v) is 2.79. The number of benzene rings is 1. The van der Waals surface area contributed by atoms with Crippen molar-refractivity contribution in [3.63, 3.8) is 0 Å². The van der Waals surface area contributed by atoms with Crippen LogP contribution in [0.1, 0.15) is 18.2 Å². The molecule has 20 heavy (non-hydrogen) atoms. The largest absolute Gasteiger partial charge is 0.463 e. The van der Waals surface area contributed by atoms with Gasteiger partial charge in [0.15, 0.2) is 0 Å². The second kappa shape index (κ2) is 5.56. The summed E-state index contributed by atoms with van der Waals surface area (Å²) in [5.41, 5.74) is 0.747. The number of aryl methyl sites for hydroxylation is 1. The van der Waals surface area contributed by atoms with Crippen LogP contribution in [0, 0.1) is 17.0 Å². The van der Waals surface area contributed by atoms with Gasteiger partial charge < -0.3 is 9.15 Å². The quantitative estimate of drug-likeness (QED) is 0.370. The van der Waals surface area contributed by atoms with Crippen LogP contribution in [-0.4, -0.2) is 17.5 Å². The van der Waals surface area contributed by atoms with Crippen LogP contribution in [0.3, 0.4) is 0 Å². The molecule has 0 unspecified atom stereocenters. The molecule has 0 aliphatic carbocycles. The van der Waals surface area contributed by atoms with E-state index in [4.69, 9.17) is 9.15 Å². The van der Waals surface area contributed by atoms with Crippen LogP contribution in [0.5, 0.6) is 0 Å². The Hall–Kier alpha value is -2.63. The molecule has 0 N–H and O–H groups in total. The molecule has 1 heterocycles. The Bertz CT molecular complexity index is 699. The molecule has 0 bridgehead atoms. The topological polar surface area (TPSA) is 82.6 Å². The van der Waals surface area contributed by atoms with E-state index < -0.39 is 10.9 Å². The molecule has 1 aromatic heterocycles. The number of carbonyl (C=O) groups excluding carboxylic acids is 1. The number of nitrogens with zero attached hydrogens (tertiary/aromatic N) is 1. The van der Waals surface area contributed by atoms with Crippen molar-refractivity contribution in [2.45, 2.75) is 13.8 Å². The number of carbonyl (C=O) groups is 1. The maximum Gasteiger partial charge on any atom is 0.330 e. The number of hydrogen-bond donors (Lipinski definition) is 0. The number of rotatable bonds is 4. The molecule has 6 nitrogen and oxygen atoms in total. The van der Waals surface area contributed by atoms with Gasteiger partial charge in [-0.3, -0.25) is 10.1 Å². The van der Waals surface area contributed by atoms with Gasteiger partial charge in [0, 0.05) is 23.1 Å². The van der Waals surface area contributed by atoms with Gasteiger partial charge in [-0.1, -0.05) is 6.07 Å². The average molecular weight is 275 g/mol. The first-order chi connectivity index (χ1) is 9.54. The molecule has 104 valence electrons. The highest BCUT2D eigenvalue weighted by Crippen LogP contribution is 2.32. The number of nitro benzene ring substituents is 1. The molecule has 0 aliphatic rings.